The number of hydrogen-bond acceptors (Lipinski definition) is 3. The van der Waals surface area contributed by atoms with Gasteiger partial charge < -0.3 is 9.80 Å². The fourth-order valence-corrected chi connectivity index (χ4v) is 3.42. The lowest BCUT2D eigenvalue weighted by Gasteiger charge is -2.36. The first-order chi connectivity index (χ1) is 14.3. The average Bonchev–Trinajstić information content (AvgIpc) is 3.24. The summed E-state index contributed by atoms with van der Waals surface area (Å²) in [7, 11) is 0. The Labute approximate surface area is 169 Å². The number of halogens is 4. The minimum atomic E-state index is -4.39. The molecule has 0 atom stereocenters. The molecule has 2 aromatic carbocycles. The molecule has 156 valence electrons. The van der Waals surface area contributed by atoms with E-state index in [2.05, 4.69) is 10.2 Å². The highest BCUT2D eigenvalue weighted by molar-refractivity contribution is 5.93. The molecule has 1 aromatic heterocycles. The molecule has 9 heteroatoms. The molecule has 0 spiro atoms. The maximum Gasteiger partial charge on any atom is 0.416 e. The van der Waals surface area contributed by atoms with E-state index < -0.39 is 11.7 Å². The second-order valence-electron chi connectivity index (χ2n) is 7.00. The number of nitrogens with zero attached hydrogens (tertiary/aromatic N) is 3. The molecule has 1 N–H and O–H groups in total. The van der Waals surface area contributed by atoms with Gasteiger partial charge in [-0.2, -0.15) is 18.3 Å². The number of aromatic amines is 1. The van der Waals surface area contributed by atoms with E-state index in [1.807, 2.05) is 4.90 Å². The standard InChI is InChI=1S/C21H18F4N4O/c22-16-6-4-14(5-7-16)18-13-19(27-26-18)20(30)29-10-8-28(9-11-29)17-3-1-2-15(12-17)21(23,24)25/h1-7,12-13H,8-11H2,(H,26,27). The van der Waals surface area contributed by atoms with Crippen molar-refractivity contribution < 1.29 is 22.4 Å². The zero-order valence-corrected chi connectivity index (χ0v) is 15.8. The fraction of sp³-hybridized carbons (Fsp3) is 0.238. The van der Waals surface area contributed by atoms with E-state index in [0.29, 0.717) is 48.8 Å². The summed E-state index contributed by atoms with van der Waals surface area (Å²) in [5.74, 6) is -0.594. The number of benzene rings is 2. The number of alkyl halides is 3. The summed E-state index contributed by atoms with van der Waals surface area (Å²) in [4.78, 5) is 16.2. The summed E-state index contributed by atoms with van der Waals surface area (Å²) in [5.41, 5.74) is 1.31. The van der Waals surface area contributed by atoms with Crippen molar-refractivity contribution in [3.8, 4) is 11.3 Å². The van der Waals surface area contributed by atoms with Crippen molar-refractivity contribution in [2.75, 3.05) is 31.1 Å². The third kappa shape index (κ3) is 4.14. The van der Waals surface area contributed by atoms with Crippen molar-refractivity contribution >= 4 is 11.6 Å². The van der Waals surface area contributed by atoms with Gasteiger partial charge in [-0.3, -0.25) is 9.89 Å². The maximum atomic E-state index is 13.1. The van der Waals surface area contributed by atoms with Gasteiger partial charge in [0, 0.05) is 37.4 Å². The number of H-pyrrole nitrogens is 1. The van der Waals surface area contributed by atoms with Gasteiger partial charge in [0.25, 0.3) is 5.91 Å². The van der Waals surface area contributed by atoms with E-state index in [9.17, 15) is 22.4 Å². The first kappa shape index (κ1) is 19.9. The van der Waals surface area contributed by atoms with Crippen molar-refractivity contribution in [2.24, 2.45) is 0 Å². The van der Waals surface area contributed by atoms with Crippen molar-refractivity contribution in [3.63, 3.8) is 0 Å². The van der Waals surface area contributed by atoms with Crippen molar-refractivity contribution in [1.29, 1.82) is 0 Å². The molecule has 4 rings (SSSR count). The lowest BCUT2D eigenvalue weighted by atomic mass is 10.1. The zero-order valence-electron chi connectivity index (χ0n) is 15.8. The molecule has 0 bridgehead atoms. The number of carbonyl (C=O) groups is 1. The van der Waals surface area contributed by atoms with Gasteiger partial charge in [-0.1, -0.05) is 6.07 Å². The van der Waals surface area contributed by atoms with Crippen LogP contribution in [0.3, 0.4) is 0 Å². The molecule has 1 aliphatic rings. The van der Waals surface area contributed by atoms with Crippen LogP contribution in [0.15, 0.2) is 54.6 Å². The Morgan fingerprint density at radius 3 is 2.33 bits per heavy atom. The summed E-state index contributed by atoms with van der Waals surface area (Å²) < 4.78 is 51.9. The zero-order chi connectivity index (χ0) is 21.3. The normalized spacial score (nSPS) is 14.8. The van der Waals surface area contributed by atoms with Crippen LogP contribution in [-0.4, -0.2) is 47.2 Å². The maximum absolute atomic E-state index is 13.1. The van der Waals surface area contributed by atoms with E-state index in [0.717, 1.165) is 12.1 Å². The van der Waals surface area contributed by atoms with Crippen LogP contribution in [0.2, 0.25) is 0 Å². The molecule has 5 nitrogen and oxygen atoms in total. The van der Waals surface area contributed by atoms with Crippen molar-refractivity contribution in [1.82, 2.24) is 15.1 Å². The van der Waals surface area contributed by atoms with Gasteiger partial charge in [-0.15, -0.1) is 0 Å². The number of piperazine rings is 1. The number of amides is 1. The lowest BCUT2D eigenvalue weighted by molar-refractivity contribution is -0.137. The second-order valence-corrected chi connectivity index (χ2v) is 7.00. The molecule has 1 amide bonds. The SMILES string of the molecule is O=C(c1cc(-c2ccc(F)cc2)n[nH]1)N1CCN(c2cccc(C(F)(F)F)c2)CC1. The molecule has 0 unspecified atom stereocenters. The smallest absolute Gasteiger partial charge is 0.368 e. The number of hydrogen-bond donors (Lipinski definition) is 1. The van der Waals surface area contributed by atoms with Crippen LogP contribution in [0, 0.1) is 5.82 Å². The van der Waals surface area contributed by atoms with Gasteiger partial charge in [0.15, 0.2) is 0 Å². The van der Waals surface area contributed by atoms with Crippen LogP contribution in [0.25, 0.3) is 11.3 Å². The van der Waals surface area contributed by atoms with E-state index in [4.69, 9.17) is 0 Å². The average molecular weight is 418 g/mol. The molecular weight excluding hydrogens is 400 g/mol. The Bertz CT molecular complexity index is 1040. The third-order valence-corrected chi connectivity index (χ3v) is 5.05. The summed E-state index contributed by atoms with van der Waals surface area (Å²) in [6.07, 6.45) is -4.39. The minimum Gasteiger partial charge on any atom is -0.368 e. The van der Waals surface area contributed by atoms with Crippen LogP contribution in [0.1, 0.15) is 16.1 Å². The Hall–Kier alpha value is -3.36. The van der Waals surface area contributed by atoms with Crippen LogP contribution < -0.4 is 4.90 Å². The van der Waals surface area contributed by atoms with E-state index in [1.54, 1.807) is 29.2 Å². The molecule has 0 radical (unpaired) electrons. The third-order valence-electron chi connectivity index (χ3n) is 5.05. The first-order valence-electron chi connectivity index (χ1n) is 9.34. The van der Waals surface area contributed by atoms with Gasteiger partial charge >= 0.3 is 6.18 Å². The van der Waals surface area contributed by atoms with Gasteiger partial charge in [0.05, 0.1) is 11.3 Å². The Kier molecular flexibility index (Phi) is 5.19. The number of rotatable bonds is 3. The predicted octanol–water partition coefficient (Wildman–Crippen LogP) is 4.20. The van der Waals surface area contributed by atoms with Crippen LogP contribution >= 0.6 is 0 Å². The summed E-state index contributed by atoms with van der Waals surface area (Å²) in [5, 5.41) is 6.82. The minimum absolute atomic E-state index is 0.237. The van der Waals surface area contributed by atoms with E-state index >= 15 is 0 Å². The van der Waals surface area contributed by atoms with Gasteiger partial charge in [-0.05, 0) is 48.5 Å². The van der Waals surface area contributed by atoms with Gasteiger partial charge in [-0.25, -0.2) is 4.39 Å². The Balaban J connectivity index is 1.41. The molecular formula is C21H18F4N4O. The van der Waals surface area contributed by atoms with Crippen LogP contribution in [-0.2, 0) is 6.18 Å². The van der Waals surface area contributed by atoms with Crippen LogP contribution in [0.5, 0.6) is 0 Å². The van der Waals surface area contributed by atoms with Crippen molar-refractivity contribution in [3.05, 3.63) is 71.7 Å². The molecule has 0 aliphatic carbocycles. The summed E-state index contributed by atoms with van der Waals surface area (Å²) in [6, 6.07) is 12.6. The molecule has 1 aliphatic heterocycles. The molecule has 2 heterocycles. The Morgan fingerprint density at radius 1 is 0.967 bits per heavy atom. The largest absolute Gasteiger partial charge is 0.416 e. The first-order valence-corrected chi connectivity index (χ1v) is 9.34. The van der Waals surface area contributed by atoms with Crippen molar-refractivity contribution in [2.45, 2.75) is 6.18 Å². The number of aromatic nitrogens is 2. The predicted molar refractivity (Wildman–Crippen MR) is 104 cm³/mol. The Morgan fingerprint density at radius 2 is 1.67 bits per heavy atom. The molecule has 1 saturated heterocycles. The highest BCUT2D eigenvalue weighted by Gasteiger charge is 2.31. The molecule has 3 aromatic rings. The lowest BCUT2D eigenvalue weighted by Crippen LogP contribution is -2.49. The number of anilines is 1. The molecule has 30 heavy (non-hydrogen) atoms. The van der Waals surface area contributed by atoms with E-state index in [1.165, 1.54) is 18.2 Å². The highest BCUT2D eigenvalue weighted by Crippen LogP contribution is 2.32. The topological polar surface area (TPSA) is 52.2 Å². The van der Waals surface area contributed by atoms with Gasteiger partial charge in [0.1, 0.15) is 11.5 Å². The molecule has 1 fully saturated rings. The second kappa shape index (κ2) is 7.81. The van der Waals surface area contributed by atoms with Crippen LogP contribution in [0.4, 0.5) is 23.2 Å². The fourth-order valence-electron chi connectivity index (χ4n) is 3.42. The quantitative estimate of drug-likeness (QED) is 0.649. The number of nitrogens with one attached hydrogen (secondary N) is 1. The van der Waals surface area contributed by atoms with Gasteiger partial charge in [0.2, 0.25) is 0 Å². The highest BCUT2D eigenvalue weighted by atomic mass is 19.4. The van der Waals surface area contributed by atoms with E-state index in [-0.39, 0.29) is 11.7 Å². The number of carbonyl (C=O) groups excluding carboxylic acids is 1. The summed E-state index contributed by atoms with van der Waals surface area (Å²) >= 11 is 0. The summed E-state index contributed by atoms with van der Waals surface area (Å²) in [6.45, 7) is 1.60. The monoisotopic (exact) mass is 418 g/mol. The molecule has 0 saturated carbocycles.